The number of aliphatic hydroxyl groups is 1. The summed E-state index contributed by atoms with van der Waals surface area (Å²) in [4.78, 5) is 74.9. The predicted octanol–water partition coefficient (Wildman–Crippen LogP) is 15.5. The number of amides is 3. The van der Waals surface area contributed by atoms with Gasteiger partial charge in [-0.15, -0.1) is 45.6 Å². The fraction of sp³-hybridized carbons (Fsp3) is 0.353. The highest BCUT2D eigenvalue weighted by molar-refractivity contribution is 7.12. The lowest BCUT2D eigenvalue weighted by molar-refractivity contribution is -0.155. The number of aromatic hydroxyl groups is 1. The van der Waals surface area contributed by atoms with Crippen LogP contribution in [-0.4, -0.2) is 115 Å². The van der Waals surface area contributed by atoms with E-state index < -0.39 is 69.0 Å². The Morgan fingerprint density at radius 2 is 1.03 bits per heavy atom. The smallest absolute Gasteiger partial charge is 0.427 e. The number of carboxylic acids is 1. The van der Waals surface area contributed by atoms with Crippen molar-refractivity contribution in [3.05, 3.63) is 168 Å². The number of phenolic OH excluding ortho intramolecular Hbond substituents is 1. The third-order valence-corrected chi connectivity index (χ3v) is 17.5. The molecule has 3 amide bonds. The van der Waals surface area contributed by atoms with E-state index in [4.69, 9.17) is 36.0 Å². The number of hydrogen-bond donors (Lipinski definition) is 4. The van der Waals surface area contributed by atoms with Gasteiger partial charge in [-0.1, -0.05) is 91.0 Å². The lowest BCUT2D eigenvalue weighted by Crippen LogP contribution is -2.45. The molecule has 0 atom stereocenters. The number of anilines is 2. The lowest BCUT2D eigenvalue weighted by Gasteiger charge is -2.29. The zero-order chi connectivity index (χ0) is 72.6. The molecule has 3 aromatic heterocycles. The second-order valence-corrected chi connectivity index (χ2v) is 27.3. The highest BCUT2D eigenvalue weighted by Crippen LogP contribution is 2.44. The van der Waals surface area contributed by atoms with Gasteiger partial charge in [0, 0.05) is 54.2 Å². The quantitative estimate of drug-likeness (QED) is 0.0271. The van der Waals surface area contributed by atoms with Gasteiger partial charge in [-0.3, -0.25) is 24.1 Å². The number of benzene rings is 5. The summed E-state index contributed by atoms with van der Waals surface area (Å²) in [6, 6.07) is 34.7. The largest absolute Gasteiger partial charge is 0.508 e. The molecule has 5 heterocycles. The van der Waals surface area contributed by atoms with Gasteiger partial charge in [-0.25, -0.2) is 19.7 Å². The van der Waals surface area contributed by atoms with Crippen LogP contribution in [0.2, 0.25) is 0 Å². The third-order valence-electron chi connectivity index (χ3n) is 13.8. The number of aromatic nitrogens is 3. The number of rotatable bonds is 18. The van der Waals surface area contributed by atoms with E-state index in [9.17, 15) is 68.6 Å². The first kappa shape index (κ1) is 77.7. The van der Waals surface area contributed by atoms with E-state index in [-0.39, 0.29) is 101 Å². The molecule has 8 aromatic rings. The normalized spacial score (nSPS) is 12.8. The molecule has 0 bridgehead atoms. The molecule has 4 N–H and O–H groups in total. The van der Waals surface area contributed by atoms with Crippen LogP contribution in [0, 0.1) is 0 Å². The van der Waals surface area contributed by atoms with Crippen molar-refractivity contribution in [1.82, 2.24) is 25.2 Å². The van der Waals surface area contributed by atoms with Crippen LogP contribution >= 0.6 is 45.6 Å². The summed E-state index contributed by atoms with van der Waals surface area (Å²) in [5, 5.41) is 30.5. The van der Waals surface area contributed by atoms with Crippen LogP contribution in [0.1, 0.15) is 95.2 Å². The molecule has 530 valence electrons. The Hall–Kier alpha value is -8.68. The van der Waals surface area contributed by atoms with Gasteiger partial charge in [-0.05, 0) is 102 Å². The van der Waals surface area contributed by atoms with Crippen molar-refractivity contribution in [2.45, 2.75) is 116 Å². The van der Waals surface area contributed by atoms with E-state index in [1.165, 1.54) is 11.0 Å². The first-order chi connectivity index (χ1) is 46.5. The monoisotopic (exact) mass is 1460 g/mol. The lowest BCUT2D eigenvalue weighted by atomic mass is 10.1. The first-order valence-corrected chi connectivity index (χ1v) is 33.3. The standard InChI is InChI=1S/C24H22F3N3O4S.C22H32N2O6.C11H7ClF3NS.C11H8F3NOS/c25-24(26,27)23-22(15-4-2-1-3-5-15)29-19(35-23)14-34-17-6-7-18-16(12-17)9-11-30(18)20(31)13-28-10-8-21(32)33;1-21(2,3)29-19(27)10-11-23(20(28)30-22(4,5)6)14-18(26)24-12-9-15-13-16(25)7-8-17(15)24;12-6-8-16-9(7-4-2-1-3-5-7)10(17-8)11(13,14)15;12-11(13,14)10-9(15-8(6-16)17-10)7-4-2-1-3-5-7/h1-7,12,28H,8-11,13-14H2,(H,32,33);7-8,13,25H,9-12,14H2,1-6H3;1-5H,6H2;1-5,16H,6H2. The van der Waals surface area contributed by atoms with Crippen molar-refractivity contribution in [1.29, 1.82) is 0 Å². The number of thiazole rings is 3. The zero-order valence-corrected chi connectivity index (χ0v) is 57.3. The highest BCUT2D eigenvalue weighted by atomic mass is 35.5. The number of esters is 1. The molecule has 31 heteroatoms. The van der Waals surface area contributed by atoms with E-state index in [0.29, 0.717) is 88.1 Å². The maximum atomic E-state index is 13.6. The molecule has 0 aliphatic carbocycles. The number of aliphatic hydroxyl groups excluding tert-OH is 1. The van der Waals surface area contributed by atoms with Gasteiger partial charge >= 0.3 is 36.6 Å². The van der Waals surface area contributed by atoms with Gasteiger partial charge in [0.1, 0.15) is 65.5 Å². The number of aliphatic carboxylic acids is 1. The van der Waals surface area contributed by atoms with E-state index in [1.54, 1.807) is 173 Å². The van der Waals surface area contributed by atoms with Gasteiger partial charge in [0.15, 0.2) is 0 Å². The van der Waals surface area contributed by atoms with E-state index in [0.717, 1.165) is 16.8 Å². The number of carbonyl (C=O) groups excluding carboxylic acids is 4. The number of carboxylic acid groups (broad SMARTS) is 1. The number of ether oxygens (including phenoxy) is 3. The number of hydrogen-bond acceptors (Lipinski definition) is 17. The van der Waals surface area contributed by atoms with Gasteiger partial charge in [0.25, 0.3) is 0 Å². The number of halogens is 10. The molecule has 5 aromatic carbocycles. The molecule has 99 heavy (non-hydrogen) atoms. The molecule has 2 aliphatic heterocycles. The molecular formula is C68H69ClF9N7O11S3. The molecule has 0 spiro atoms. The molecule has 0 radical (unpaired) electrons. The van der Waals surface area contributed by atoms with Crippen molar-refractivity contribution in [2.75, 3.05) is 49.1 Å². The Kier molecular flexibility index (Phi) is 26.6. The molecular weight excluding hydrogens is 1390 g/mol. The second kappa shape index (κ2) is 33.9. The van der Waals surface area contributed by atoms with Gasteiger partial charge in [-0.2, -0.15) is 39.5 Å². The molecule has 18 nitrogen and oxygen atoms in total. The topological polar surface area (TPSA) is 234 Å². The van der Waals surface area contributed by atoms with Crippen LogP contribution in [0.25, 0.3) is 33.8 Å². The van der Waals surface area contributed by atoms with Crippen LogP contribution < -0.4 is 19.9 Å². The Balaban J connectivity index is 0.000000195. The van der Waals surface area contributed by atoms with Gasteiger partial charge < -0.3 is 44.6 Å². The molecule has 0 saturated heterocycles. The minimum absolute atomic E-state index is 0.00580. The average Bonchev–Trinajstić information content (AvgIpc) is 1.78. The van der Waals surface area contributed by atoms with Crippen LogP contribution in [0.3, 0.4) is 0 Å². The number of fused-ring (bicyclic) bond motifs is 2. The van der Waals surface area contributed by atoms with E-state index >= 15 is 0 Å². The zero-order valence-electron chi connectivity index (χ0n) is 54.1. The Labute approximate surface area is 580 Å². The van der Waals surface area contributed by atoms with Gasteiger partial charge in [0.2, 0.25) is 11.8 Å². The second-order valence-electron chi connectivity index (χ2n) is 23.8. The summed E-state index contributed by atoms with van der Waals surface area (Å²) in [6.45, 7) is 10.9. The van der Waals surface area contributed by atoms with Crippen LogP contribution in [-0.2, 0) is 79.1 Å². The van der Waals surface area contributed by atoms with E-state index in [2.05, 4.69) is 20.3 Å². The molecule has 0 unspecified atom stereocenters. The van der Waals surface area contributed by atoms with Crippen LogP contribution in [0.15, 0.2) is 127 Å². The Morgan fingerprint density at radius 1 is 0.586 bits per heavy atom. The summed E-state index contributed by atoms with van der Waals surface area (Å²) >= 11 is 7.16. The number of carbonyl (C=O) groups is 5. The minimum Gasteiger partial charge on any atom is -0.508 e. The number of phenols is 1. The average molecular weight is 1460 g/mol. The fourth-order valence-electron chi connectivity index (χ4n) is 9.67. The first-order valence-electron chi connectivity index (χ1n) is 30.4. The summed E-state index contributed by atoms with van der Waals surface area (Å²) in [7, 11) is 0. The molecule has 10 rings (SSSR count). The van der Waals surface area contributed by atoms with Crippen molar-refractivity contribution in [3.63, 3.8) is 0 Å². The Bertz CT molecular complexity index is 3960. The molecule has 2 aliphatic rings. The summed E-state index contributed by atoms with van der Waals surface area (Å²) < 4.78 is 134. The summed E-state index contributed by atoms with van der Waals surface area (Å²) in [5.74, 6) is -1.23. The van der Waals surface area contributed by atoms with Crippen molar-refractivity contribution < 1.29 is 93.0 Å². The number of nitrogens with zero attached hydrogens (tertiary/aromatic N) is 6. The fourth-order valence-corrected chi connectivity index (χ4v) is 12.4. The van der Waals surface area contributed by atoms with Crippen molar-refractivity contribution in [2.24, 2.45) is 0 Å². The van der Waals surface area contributed by atoms with Crippen LogP contribution in [0.5, 0.6) is 11.5 Å². The van der Waals surface area contributed by atoms with Crippen molar-refractivity contribution >= 4 is 86.8 Å². The van der Waals surface area contributed by atoms with Crippen LogP contribution in [0.4, 0.5) is 55.7 Å². The maximum absolute atomic E-state index is 13.6. The summed E-state index contributed by atoms with van der Waals surface area (Å²) in [5.41, 5.74) is 2.83. The predicted molar refractivity (Wildman–Crippen MR) is 358 cm³/mol. The minimum atomic E-state index is -4.52. The van der Waals surface area contributed by atoms with Gasteiger partial charge in [0.05, 0.1) is 49.0 Å². The molecule has 0 fully saturated rings. The maximum Gasteiger partial charge on any atom is 0.427 e. The molecule has 0 saturated carbocycles. The number of alkyl halides is 10. The number of nitrogens with one attached hydrogen (secondary N) is 1. The van der Waals surface area contributed by atoms with Crippen molar-refractivity contribution in [3.8, 4) is 45.3 Å². The summed E-state index contributed by atoms with van der Waals surface area (Å²) in [6.07, 6.45) is -12.9. The third kappa shape index (κ3) is 22.9. The SMILES string of the molecule is CC(C)(C)OC(=O)CCN(CC(=O)N1CCc2cc(O)ccc21)C(=O)OC(C)(C)C.FC(F)(F)c1sc(CCl)nc1-c1ccccc1.O=C(O)CCNCC(=O)N1CCc2cc(OCc3nc(-c4ccccc4)c(C(F)(F)F)s3)ccc21.OCc1nc(-c2ccccc2)c(C(F)(F)F)s1. The van der Waals surface area contributed by atoms with E-state index in [1.807, 2.05) is 0 Å². The Morgan fingerprint density at radius 3 is 1.49 bits per heavy atom. The highest BCUT2D eigenvalue weighted by Gasteiger charge is 2.40.